The molecule has 3 rings (SSSR count). The second-order valence-corrected chi connectivity index (χ2v) is 4.77. The van der Waals surface area contributed by atoms with Gasteiger partial charge in [0.05, 0.1) is 18.2 Å². The zero-order chi connectivity index (χ0) is 14.1. The third-order valence-corrected chi connectivity index (χ3v) is 3.70. The number of amides is 1. The summed E-state index contributed by atoms with van der Waals surface area (Å²) in [4.78, 5) is 14.2. The van der Waals surface area contributed by atoms with Crippen LogP contribution in [-0.4, -0.2) is 31.1 Å². The highest BCUT2D eigenvalue weighted by atomic mass is 16.5. The first-order chi connectivity index (χ1) is 9.77. The van der Waals surface area contributed by atoms with E-state index in [2.05, 4.69) is 6.07 Å². The lowest BCUT2D eigenvalue weighted by Gasteiger charge is -2.19. The van der Waals surface area contributed by atoms with Gasteiger partial charge in [0, 0.05) is 19.2 Å². The van der Waals surface area contributed by atoms with Gasteiger partial charge in [-0.3, -0.25) is 4.79 Å². The minimum Gasteiger partial charge on any atom is -0.383 e. The van der Waals surface area contributed by atoms with Crippen molar-refractivity contribution in [3.05, 3.63) is 47.5 Å². The normalized spacial score (nSPS) is 17.3. The third kappa shape index (κ3) is 1.75. The van der Waals surface area contributed by atoms with E-state index in [1.807, 2.05) is 36.4 Å². The van der Waals surface area contributed by atoms with Crippen LogP contribution in [0.4, 0.5) is 0 Å². The monoisotopic (exact) mass is 266 g/mol. The SMILES string of the molecule is COCCN1C(=O)c2c(ccc3ccccc23)C1C#N. The molecule has 2 aromatic rings. The Kier molecular flexibility index (Phi) is 3.13. The zero-order valence-corrected chi connectivity index (χ0v) is 11.2. The predicted octanol–water partition coefficient (Wildman–Crippen LogP) is 2.51. The Morgan fingerprint density at radius 3 is 2.85 bits per heavy atom. The largest absolute Gasteiger partial charge is 0.383 e. The molecule has 1 atom stereocenters. The molecule has 0 aliphatic carbocycles. The summed E-state index contributed by atoms with van der Waals surface area (Å²) >= 11 is 0. The summed E-state index contributed by atoms with van der Waals surface area (Å²) in [6.07, 6.45) is 0. The maximum absolute atomic E-state index is 12.6. The lowest BCUT2D eigenvalue weighted by atomic mass is 9.98. The van der Waals surface area contributed by atoms with E-state index in [4.69, 9.17) is 4.74 Å². The summed E-state index contributed by atoms with van der Waals surface area (Å²) in [5.74, 6) is -0.0830. The molecule has 0 N–H and O–H groups in total. The molecule has 1 heterocycles. The molecule has 0 aromatic heterocycles. The molecule has 4 nitrogen and oxygen atoms in total. The summed E-state index contributed by atoms with van der Waals surface area (Å²) in [5, 5.41) is 11.3. The van der Waals surface area contributed by atoms with Gasteiger partial charge < -0.3 is 9.64 Å². The molecule has 2 aromatic carbocycles. The number of hydrogen-bond donors (Lipinski definition) is 0. The van der Waals surface area contributed by atoms with Gasteiger partial charge in [0.25, 0.3) is 5.91 Å². The van der Waals surface area contributed by atoms with Crippen LogP contribution in [0.25, 0.3) is 10.8 Å². The number of nitriles is 1. The van der Waals surface area contributed by atoms with Gasteiger partial charge in [0.2, 0.25) is 0 Å². The van der Waals surface area contributed by atoms with Gasteiger partial charge >= 0.3 is 0 Å². The van der Waals surface area contributed by atoms with Crippen LogP contribution in [0.5, 0.6) is 0 Å². The van der Waals surface area contributed by atoms with Crippen LogP contribution in [0.1, 0.15) is 22.0 Å². The van der Waals surface area contributed by atoms with Crippen molar-refractivity contribution in [3.63, 3.8) is 0 Å². The highest BCUT2D eigenvalue weighted by molar-refractivity contribution is 6.11. The molecule has 4 heteroatoms. The van der Waals surface area contributed by atoms with E-state index in [0.717, 1.165) is 16.3 Å². The van der Waals surface area contributed by atoms with Gasteiger partial charge in [0.15, 0.2) is 0 Å². The van der Waals surface area contributed by atoms with E-state index in [-0.39, 0.29) is 5.91 Å². The lowest BCUT2D eigenvalue weighted by molar-refractivity contribution is 0.0694. The number of carbonyl (C=O) groups is 1. The number of methoxy groups -OCH3 is 1. The van der Waals surface area contributed by atoms with Crippen LogP contribution in [0, 0.1) is 11.3 Å². The molecular formula is C16H14N2O2. The van der Waals surface area contributed by atoms with Crippen LogP contribution < -0.4 is 0 Å². The number of fused-ring (bicyclic) bond motifs is 3. The van der Waals surface area contributed by atoms with E-state index in [1.165, 1.54) is 0 Å². The maximum Gasteiger partial charge on any atom is 0.256 e. The topological polar surface area (TPSA) is 53.3 Å². The second kappa shape index (κ2) is 4.95. The zero-order valence-electron chi connectivity index (χ0n) is 11.2. The quantitative estimate of drug-likeness (QED) is 0.857. The number of benzene rings is 2. The van der Waals surface area contributed by atoms with Crippen LogP contribution in [-0.2, 0) is 4.74 Å². The van der Waals surface area contributed by atoms with Gasteiger partial charge in [0.1, 0.15) is 6.04 Å². The van der Waals surface area contributed by atoms with Crippen molar-refractivity contribution in [2.24, 2.45) is 0 Å². The summed E-state index contributed by atoms with van der Waals surface area (Å²) in [7, 11) is 1.59. The average molecular weight is 266 g/mol. The van der Waals surface area contributed by atoms with E-state index in [0.29, 0.717) is 18.7 Å². The third-order valence-electron chi connectivity index (χ3n) is 3.70. The van der Waals surface area contributed by atoms with Crippen molar-refractivity contribution in [1.29, 1.82) is 5.26 Å². The fourth-order valence-corrected chi connectivity index (χ4v) is 2.74. The summed E-state index contributed by atoms with van der Waals surface area (Å²) in [6.45, 7) is 0.854. The number of ether oxygens (including phenoxy) is 1. The van der Waals surface area contributed by atoms with Crippen molar-refractivity contribution in [3.8, 4) is 6.07 Å². The molecule has 1 unspecified atom stereocenters. The van der Waals surface area contributed by atoms with Crippen LogP contribution in [0.15, 0.2) is 36.4 Å². The van der Waals surface area contributed by atoms with E-state index < -0.39 is 6.04 Å². The molecule has 0 bridgehead atoms. The molecule has 1 aliphatic heterocycles. The number of carbonyl (C=O) groups excluding carboxylic acids is 1. The molecular weight excluding hydrogens is 252 g/mol. The lowest BCUT2D eigenvalue weighted by Crippen LogP contribution is -2.30. The first kappa shape index (κ1) is 12.6. The standard InChI is InChI=1S/C16H14N2O2/c1-20-9-8-18-14(10-17)13-7-6-11-4-2-3-5-12(11)15(13)16(18)19/h2-7,14H,8-9H2,1H3. The first-order valence-electron chi connectivity index (χ1n) is 6.49. The first-order valence-corrected chi connectivity index (χ1v) is 6.49. The van der Waals surface area contributed by atoms with Gasteiger partial charge in [-0.15, -0.1) is 0 Å². The van der Waals surface area contributed by atoms with Crippen LogP contribution in [0.2, 0.25) is 0 Å². The summed E-state index contributed by atoms with van der Waals surface area (Å²) in [5.41, 5.74) is 1.46. The Balaban J connectivity index is 2.16. The highest BCUT2D eigenvalue weighted by Crippen LogP contribution is 2.37. The summed E-state index contributed by atoms with van der Waals surface area (Å²) in [6, 6.07) is 13.3. The molecule has 1 amide bonds. The van der Waals surface area contributed by atoms with Crippen LogP contribution in [0.3, 0.4) is 0 Å². The smallest absolute Gasteiger partial charge is 0.256 e. The van der Waals surface area contributed by atoms with E-state index >= 15 is 0 Å². The van der Waals surface area contributed by atoms with Crippen molar-refractivity contribution in [2.45, 2.75) is 6.04 Å². The van der Waals surface area contributed by atoms with E-state index in [1.54, 1.807) is 12.0 Å². The molecule has 0 radical (unpaired) electrons. The molecule has 1 aliphatic rings. The highest BCUT2D eigenvalue weighted by Gasteiger charge is 2.37. The average Bonchev–Trinajstić information content (AvgIpc) is 2.77. The molecule has 0 fully saturated rings. The van der Waals surface area contributed by atoms with Gasteiger partial charge in [-0.25, -0.2) is 0 Å². The minimum atomic E-state index is -0.516. The number of rotatable bonds is 3. The van der Waals surface area contributed by atoms with Gasteiger partial charge in [-0.1, -0.05) is 36.4 Å². The minimum absolute atomic E-state index is 0.0830. The maximum atomic E-state index is 12.6. The Morgan fingerprint density at radius 2 is 2.10 bits per heavy atom. The Hall–Kier alpha value is -2.38. The Bertz CT molecular complexity index is 718. The van der Waals surface area contributed by atoms with Crippen molar-refractivity contribution in [2.75, 3.05) is 20.3 Å². The number of hydrogen-bond acceptors (Lipinski definition) is 3. The molecule has 0 saturated heterocycles. The van der Waals surface area contributed by atoms with Crippen molar-refractivity contribution in [1.82, 2.24) is 4.90 Å². The van der Waals surface area contributed by atoms with Crippen LogP contribution >= 0.6 is 0 Å². The Morgan fingerprint density at radius 1 is 1.30 bits per heavy atom. The predicted molar refractivity (Wildman–Crippen MR) is 75.2 cm³/mol. The summed E-state index contributed by atoms with van der Waals surface area (Å²) < 4.78 is 5.03. The molecule has 0 saturated carbocycles. The van der Waals surface area contributed by atoms with Gasteiger partial charge in [-0.2, -0.15) is 5.26 Å². The molecule has 0 spiro atoms. The second-order valence-electron chi connectivity index (χ2n) is 4.77. The fraction of sp³-hybridized carbons (Fsp3) is 0.250. The molecule has 20 heavy (non-hydrogen) atoms. The number of nitrogens with zero attached hydrogens (tertiary/aromatic N) is 2. The van der Waals surface area contributed by atoms with Gasteiger partial charge in [-0.05, 0) is 10.8 Å². The molecule has 100 valence electrons. The van der Waals surface area contributed by atoms with Crippen molar-refractivity contribution < 1.29 is 9.53 Å². The van der Waals surface area contributed by atoms with Crippen molar-refractivity contribution >= 4 is 16.7 Å². The Labute approximate surface area is 117 Å². The van der Waals surface area contributed by atoms with E-state index in [9.17, 15) is 10.1 Å². The fourth-order valence-electron chi connectivity index (χ4n) is 2.74.